The van der Waals surface area contributed by atoms with E-state index >= 15 is 0 Å². The molecule has 21 heavy (non-hydrogen) atoms. The number of aromatic nitrogens is 1. The average molecular weight is 303 g/mol. The molecule has 2 aromatic rings. The third-order valence-corrected chi connectivity index (χ3v) is 5.03. The van der Waals surface area contributed by atoms with Crippen LogP contribution in [0.1, 0.15) is 45.4 Å². The van der Waals surface area contributed by atoms with Gasteiger partial charge in [-0.3, -0.25) is 10.1 Å². The molecule has 0 saturated heterocycles. The van der Waals surface area contributed by atoms with Crippen molar-refractivity contribution in [2.24, 2.45) is 0 Å². The molecule has 1 N–H and O–H groups in total. The number of hydrogen-bond donors (Lipinski definition) is 1. The van der Waals surface area contributed by atoms with Gasteiger partial charge in [-0.15, -0.1) is 11.3 Å². The Morgan fingerprint density at radius 2 is 2.38 bits per heavy atom. The summed E-state index contributed by atoms with van der Waals surface area (Å²) in [6.07, 6.45) is 4.79. The van der Waals surface area contributed by atoms with Gasteiger partial charge in [-0.05, 0) is 26.0 Å². The van der Waals surface area contributed by atoms with Crippen molar-refractivity contribution in [3.63, 3.8) is 0 Å². The molecule has 3 heterocycles. The summed E-state index contributed by atoms with van der Waals surface area (Å²) in [5.41, 5.74) is 1.78. The minimum absolute atomic E-state index is 0.106. The largest absolute Gasteiger partial charge is 0.468 e. The number of fused-ring (bicyclic) bond motifs is 1. The van der Waals surface area contributed by atoms with Crippen molar-refractivity contribution in [2.45, 2.75) is 31.7 Å². The van der Waals surface area contributed by atoms with Gasteiger partial charge in [0.25, 0.3) is 5.91 Å². The van der Waals surface area contributed by atoms with Gasteiger partial charge in [0.2, 0.25) is 0 Å². The highest BCUT2D eigenvalue weighted by Gasteiger charge is 2.31. The van der Waals surface area contributed by atoms with Crippen LogP contribution in [0.15, 0.2) is 16.7 Å². The standard InChI is InChI=1S/C15H17N3O2S/c1-18-6-4-11-12(8-18)21-15(16-11)17-14(19)10-5-7-20-13(10)9-2-3-9/h5,7,9H,2-4,6,8H2,1H3,(H,16,17,19). The van der Waals surface area contributed by atoms with Crippen LogP contribution in [-0.2, 0) is 13.0 Å². The Balaban J connectivity index is 1.53. The molecule has 110 valence electrons. The van der Waals surface area contributed by atoms with E-state index in [1.807, 2.05) is 0 Å². The van der Waals surface area contributed by atoms with Gasteiger partial charge in [0.1, 0.15) is 5.76 Å². The number of carbonyl (C=O) groups excluding carboxylic acids is 1. The van der Waals surface area contributed by atoms with Crippen LogP contribution in [0.3, 0.4) is 0 Å². The van der Waals surface area contributed by atoms with Crippen LogP contribution < -0.4 is 5.32 Å². The van der Waals surface area contributed by atoms with E-state index in [1.54, 1.807) is 23.7 Å². The first kappa shape index (κ1) is 13.0. The molecule has 0 bridgehead atoms. The number of nitrogens with one attached hydrogen (secondary N) is 1. The van der Waals surface area contributed by atoms with E-state index in [0.29, 0.717) is 16.6 Å². The molecule has 2 aromatic heterocycles. The molecule has 1 amide bonds. The van der Waals surface area contributed by atoms with E-state index < -0.39 is 0 Å². The summed E-state index contributed by atoms with van der Waals surface area (Å²) in [6.45, 7) is 1.94. The lowest BCUT2D eigenvalue weighted by Crippen LogP contribution is -2.25. The van der Waals surface area contributed by atoms with Gasteiger partial charge >= 0.3 is 0 Å². The Morgan fingerprint density at radius 1 is 1.52 bits per heavy atom. The molecule has 4 rings (SSSR count). The second-order valence-corrected chi connectivity index (χ2v) is 6.89. The van der Waals surface area contributed by atoms with Crippen LogP contribution in [-0.4, -0.2) is 29.4 Å². The van der Waals surface area contributed by atoms with Gasteiger partial charge in [-0.25, -0.2) is 4.98 Å². The molecule has 2 aliphatic rings. The number of hydrogen-bond acceptors (Lipinski definition) is 5. The fraction of sp³-hybridized carbons (Fsp3) is 0.467. The van der Waals surface area contributed by atoms with Crippen molar-refractivity contribution in [2.75, 3.05) is 18.9 Å². The SMILES string of the molecule is CN1CCc2nc(NC(=O)c3ccoc3C3CC3)sc2C1. The van der Waals surface area contributed by atoms with Crippen LogP contribution in [0, 0.1) is 0 Å². The molecule has 6 heteroatoms. The summed E-state index contributed by atoms with van der Waals surface area (Å²) in [4.78, 5) is 20.5. The maximum atomic E-state index is 12.4. The monoisotopic (exact) mass is 303 g/mol. The predicted octanol–water partition coefficient (Wildman–Crippen LogP) is 2.85. The molecular weight excluding hydrogens is 286 g/mol. The topological polar surface area (TPSA) is 58.4 Å². The summed E-state index contributed by atoms with van der Waals surface area (Å²) < 4.78 is 5.46. The second kappa shape index (κ2) is 4.96. The first-order valence-corrected chi connectivity index (χ1v) is 8.08. The number of nitrogens with zero attached hydrogens (tertiary/aromatic N) is 2. The number of thiazole rings is 1. The van der Waals surface area contributed by atoms with E-state index in [2.05, 4.69) is 22.2 Å². The molecular formula is C15H17N3O2S. The molecule has 0 unspecified atom stereocenters. The van der Waals surface area contributed by atoms with Crippen molar-refractivity contribution in [3.05, 3.63) is 34.2 Å². The number of likely N-dealkylation sites (N-methyl/N-ethyl adjacent to an activating group) is 1. The summed E-state index contributed by atoms with van der Waals surface area (Å²) in [7, 11) is 2.11. The fourth-order valence-electron chi connectivity index (χ4n) is 2.71. The maximum Gasteiger partial charge on any atom is 0.261 e. The molecule has 0 atom stereocenters. The Labute approximate surface area is 127 Å². The van der Waals surface area contributed by atoms with Gasteiger partial charge in [-0.2, -0.15) is 0 Å². The van der Waals surface area contributed by atoms with E-state index in [9.17, 15) is 4.79 Å². The van der Waals surface area contributed by atoms with Crippen molar-refractivity contribution >= 4 is 22.4 Å². The lowest BCUT2D eigenvalue weighted by Gasteiger charge is -2.20. The zero-order valence-electron chi connectivity index (χ0n) is 11.9. The van der Waals surface area contributed by atoms with Crippen molar-refractivity contribution in [1.29, 1.82) is 0 Å². The molecule has 1 saturated carbocycles. The van der Waals surface area contributed by atoms with E-state index in [-0.39, 0.29) is 5.91 Å². The van der Waals surface area contributed by atoms with E-state index in [4.69, 9.17) is 4.42 Å². The summed E-state index contributed by atoms with van der Waals surface area (Å²) in [6, 6.07) is 1.75. The fourth-order valence-corrected chi connectivity index (χ4v) is 3.79. The first-order valence-electron chi connectivity index (χ1n) is 7.26. The Bertz CT molecular complexity index is 687. The minimum atomic E-state index is -0.106. The Hall–Kier alpha value is -1.66. The quantitative estimate of drug-likeness (QED) is 0.947. The normalized spacial score (nSPS) is 18.5. The van der Waals surface area contributed by atoms with Crippen LogP contribution in [0.4, 0.5) is 5.13 Å². The number of carbonyl (C=O) groups is 1. The molecule has 1 aliphatic heterocycles. The number of rotatable bonds is 3. The molecule has 5 nitrogen and oxygen atoms in total. The van der Waals surface area contributed by atoms with Gasteiger partial charge in [-0.1, -0.05) is 0 Å². The third-order valence-electron chi connectivity index (χ3n) is 4.03. The van der Waals surface area contributed by atoms with Crippen LogP contribution in [0.5, 0.6) is 0 Å². The number of furan rings is 1. The molecule has 0 radical (unpaired) electrons. The lowest BCUT2D eigenvalue weighted by atomic mass is 10.2. The number of amides is 1. The van der Waals surface area contributed by atoms with Gasteiger partial charge in [0.15, 0.2) is 5.13 Å². The molecule has 0 spiro atoms. The zero-order chi connectivity index (χ0) is 14.4. The average Bonchev–Trinajstić information content (AvgIpc) is 3.04. The first-order chi connectivity index (χ1) is 10.2. The smallest absolute Gasteiger partial charge is 0.261 e. The van der Waals surface area contributed by atoms with Crippen LogP contribution in [0.2, 0.25) is 0 Å². The highest BCUT2D eigenvalue weighted by molar-refractivity contribution is 7.15. The van der Waals surface area contributed by atoms with Crippen LogP contribution in [0.25, 0.3) is 0 Å². The zero-order valence-corrected chi connectivity index (χ0v) is 12.7. The summed E-state index contributed by atoms with van der Waals surface area (Å²) in [5.74, 6) is 1.15. The van der Waals surface area contributed by atoms with Crippen molar-refractivity contribution in [1.82, 2.24) is 9.88 Å². The summed E-state index contributed by atoms with van der Waals surface area (Å²) in [5, 5.41) is 3.63. The molecule has 0 aromatic carbocycles. The van der Waals surface area contributed by atoms with Gasteiger partial charge in [0, 0.05) is 30.3 Å². The Morgan fingerprint density at radius 3 is 3.19 bits per heavy atom. The van der Waals surface area contributed by atoms with Crippen LogP contribution >= 0.6 is 11.3 Å². The molecule has 1 fully saturated rings. The van der Waals surface area contributed by atoms with Crippen molar-refractivity contribution < 1.29 is 9.21 Å². The molecule has 1 aliphatic carbocycles. The number of anilines is 1. The van der Waals surface area contributed by atoms with Gasteiger partial charge in [0.05, 0.1) is 17.5 Å². The van der Waals surface area contributed by atoms with E-state index in [1.165, 1.54) is 4.88 Å². The van der Waals surface area contributed by atoms with Crippen molar-refractivity contribution in [3.8, 4) is 0 Å². The predicted molar refractivity (Wildman–Crippen MR) is 80.8 cm³/mol. The maximum absolute atomic E-state index is 12.4. The van der Waals surface area contributed by atoms with E-state index in [0.717, 1.165) is 43.8 Å². The highest BCUT2D eigenvalue weighted by atomic mass is 32.1. The van der Waals surface area contributed by atoms with Gasteiger partial charge < -0.3 is 9.32 Å². The Kier molecular flexibility index (Phi) is 3.08. The highest BCUT2D eigenvalue weighted by Crippen LogP contribution is 2.42. The lowest BCUT2D eigenvalue weighted by molar-refractivity contribution is 0.102. The second-order valence-electron chi connectivity index (χ2n) is 5.80. The summed E-state index contributed by atoms with van der Waals surface area (Å²) >= 11 is 1.58. The third kappa shape index (κ3) is 2.49. The minimum Gasteiger partial charge on any atom is -0.468 e.